The van der Waals surface area contributed by atoms with Crippen LogP contribution in [0.5, 0.6) is 0 Å². The number of ether oxygens (including phenoxy) is 1. The van der Waals surface area contributed by atoms with E-state index in [2.05, 4.69) is 33.0 Å². The van der Waals surface area contributed by atoms with E-state index in [0.29, 0.717) is 30.2 Å². The average molecular weight is 569 g/mol. The molecule has 2 aromatic rings. The number of amides is 2. The number of carbonyl (C=O) groups is 3. The van der Waals surface area contributed by atoms with Crippen LogP contribution in [-0.2, 0) is 25.5 Å². The van der Waals surface area contributed by atoms with Gasteiger partial charge < -0.3 is 20.1 Å². The summed E-state index contributed by atoms with van der Waals surface area (Å²) in [5, 5.41) is 15.2. The van der Waals surface area contributed by atoms with E-state index in [9.17, 15) is 19.5 Å². The first kappa shape index (κ1) is 30.3. The molecular weight excluding hydrogens is 524 g/mol. The molecule has 1 aromatic carbocycles. The third-order valence-corrected chi connectivity index (χ3v) is 10.5. The number of nitrogens with one attached hydrogen (secondary N) is 1. The summed E-state index contributed by atoms with van der Waals surface area (Å²) in [6, 6.07) is 11.2. The van der Waals surface area contributed by atoms with Crippen molar-refractivity contribution in [3.05, 3.63) is 58.3 Å². The maximum atomic E-state index is 13.8. The Morgan fingerprint density at radius 2 is 1.82 bits per heavy atom. The predicted octanol–water partition coefficient (Wildman–Crippen LogP) is 5.28. The largest absolute Gasteiger partial charge is 0.461 e. The minimum Gasteiger partial charge on any atom is -0.461 e. The molecule has 1 saturated carbocycles. The third-order valence-electron chi connectivity index (χ3n) is 9.56. The Balaban J connectivity index is 1.41. The van der Waals surface area contributed by atoms with Gasteiger partial charge in [0.05, 0.1) is 6.10 Å². The van der Waals surface area contributed by atoms with Gasteiger partial charge in [-0.3, -0.25) is 9.59 Å². The van der Waals surface area contributed by atoms with Crippen molar-refractivity contribution < 1.29 is 24.2 Å². The number of hydrogen-bond acceptors (Lipinski definition) is 6. The van der Waals surface area contributed by atoms with E-state index in [0.717, 1.165) is 24.8 Å². The second kappa shape index (κ2) is 12.4. The number of rotatable bonds is 10. The number of aliphatic hydroxyl groups excluding tert-OH is 1. The number of likely N-dealkylation sites (tertiary alicyclic amines) is 1. The smallest absolute Gasteiger partial charge is 0.329 e. The molecule has 1 aromatic heterocycles. The van der Waals surface area contributed by atoms with Gasteiger partial charge in [-0.05, 0) is 72.8 Å². The zero-order valence-corrected chi connectivity index (χ0v) is 25.2. The van der Waals surface area contributed by atoms with Crippen LogP contribution in [0.3, 0.4) is 0 Å². The molecule has 1 saturated heterocycles. The van der Waals surface area contributed by atoms with Crippen LogP contribution in [0.2, 0.25) is 0 Å². The number of esters is 1. The number of benzene rings is 1. The van der Waals surface area contributed by atoms with Gasteiger partial charge in [-0.25, -0.2) is 4.79 Å². The van der Waals surface area contributed by atoms with Crippen LogP contribution in [0.1, 0.15) is 83.2 Å². The summed E-state index contributed by atoms with van der Waals surface area (Å²) in [6.07, 6.45) is 2.89. The highest BCUT2D eigenvalue weighted by Gasteiger charge is 2.49. The summed E-state index contributed by atoms with van der Waals surface area (Å²) < 4.78 is 5.94. The van der Waals surface area contributed by atoms with Crippen molar-refractivity contribution in [2.75, 3.05) is 6.54 Å². The van der Waals surface area contributed by atoms with Gasteiger partial charge in [0, 0.05) is 17.8 Å². The molecule has 0 spiro atoms. The van der Waals surface area contributed by atoms with Crippen LogP contribution in [0, 0.1) is 16.7 Å². The van der Waals surface area contributed by atoms with Crippen molar-refractivity contribution in [1.29, 1.82) is 0 Å². The van der Waals surface area contributed by atoms with Crippen LogP contribution >= 0.6 is 11.3 Å². The van der Waals surface area contributed by atoms with Crippen molar-refractivity contribution in [3.63, 3.8) is 0 Å². The molecule has 2 heterocycles. The zero-order valence-electron chi connectivity index (χ0n) is 24.4. The lowest BCUT2D eigenvalue weighted by Crippen LogP contribution is -2.49. The van der Waals surface area contributed by atoms with Gasteiger partial charge in [0.2, 0.25) is 5.91 Å². The standard InChI is InChI=1S/C32H44N2O5S/c1-21(19-23-15-16-31(2,3)32(23,4)5)39-30(38)24-13-9-17-34(24)29(37)27(26-14-10-18-40-26)33-28(36)25(35)20-22-11-7-6-8-12-22/h6-8,10-12,14,18,21,23-25,27,35H,9,13,15-17,19-20H2,1-5H3,(H,33,36). The molecule has 1 aliphatic heterocycles. The zero-order chi connectivity index (χ0) is 29.1. The van der Waals surface area contributed by atoms with Crippen LogP contribution in [0.15, 0.2) is 47.8 Å². The summed E-state index contributed by atoms with van der Waals surface area (Å²) in [5.74, 6) is -0.890. The van der Waals surface area contributed by atoms with E-state index in [-0.39, 0.29) is 35.2 Å². The van der Waals surface area contributed by atoms with Gasteiger partial charge in [0.15, 0.2) is 0 Å². The molecule has 8 heteroatoms. The summed E-state index contributed by atoms with van der Waals surface area (Å²) in [7, 11) is 0. The van der Waals surface area contributed by atoms with Crippen LogP contribution in [0.4, 0.5) is 0 Å². The van der Waals surface area contributed by atoms with E-state index in [1.807, 2.05) is 48.7 Å². The Morgan fingerprint density at radius 3 is 2.45 bits per heavy atom. The highest BCUT2D eigenvalue weighted by Crippen LogP contribution is 2.57. The second-order valence-electron chi connectivity index (χ2n) is 12.7. The molecule has 0 radical (unpaired) electrons. The van der Waals surface area contributed by atoms with E-state index < -0.39 is 24.1 Å². The van der Waals surface area contributed by atoms with Gasteiger partial charge in [-0.15, -0.1) is 11.3 Å². The van der Waals surface area contributed by atoms with Crippen molar-refractivity contribution >= 4 is 29.1 Å². The molecule has 2 amide bonds. The van der Waals surface area contributed by atoms with Gasteiger partial charge >= 0.3 is 5.97 Å². The van der Waals surface area contributed by atoms with Crippen molar-refractivity contribution in [2.45, 2.75) is 97.4 Å². The molecule has 2 N–H and O–H groups in total. The highest BCUT2D eigenvalue weighted by molar-refractivity contribution is 7.10. The molecule has 0 bridgehead atoms. The fourth-order valence-corrected chi connectivity index (χ4v) is 7.00. The Hall–Kier alpha value is -2.71. The Morgan fingerprint density at radius 1 is 1.10 bits per heavy atom. The molecule has 5 atom stereocenters. The van der Waals surface area contributed by atoms with Gasteiger partial charge in [-0.2, -0.15) is 0 Å². The van der Waals surface area contributed by atoms with Crippen molar-refractivity contribution in [1.82, 2.24) is 10.2 Å². The van der Waals surface area contributed by atoms with Crippen LogP contribution in [-0.4, -0.2) is 52.6 Å². The lowest BCUT2D eigenvalue weighted by molar-refractivity contribution is -0.159. The lowest BCUT2D eigenvalue weighted by Gasteiger charge is -2.40. The monoisotopic (exact) mass is 568 g/mol. The molecule has 4 rings (SSSR count). The summed E-state index contributed by atoms with van der Waals surface area (Å²) in [6.45, 7) is 11.6. The average Bonchev–Trinajstić information content (AvgIpc) is 3.65. The van der Waals surface area contributed by atoms with E-state index in [1.165, 1.54) is 11.3 Å². The van der Waals surface area contributed by atoms with Gasteiger partial charge in [-0.1, -0.05) is 64.1 Å². The summed E-state index contributed by atoms with van der Waals surface area (Å²) in [5.41, 5.74) is 1.22. The Bertz CT molecular complexity index is 1160. The summed E-state index contributed by atoms with van der Waals surface area (Å²) >= 11 is 1.35. The normalized spacial score (nSPS) is 23.8. The topological polar surface area (TPSA) is 95.9 Å². The highest BCUT2D eigenvalue weighted by atomic mass is 32.1. The van der Waals surface area contributed by atoms with Crippen LogP contribution in [0.25, 0.3) is 0 Å². The lowest BCUT2D eigenvalue weighted by atomic mass is 9.66. The van der Waals surface area contributed by atoms with E-state index >= 15 is 0 Å². The molecule has 2 aliphatic rings. The first-order chi connectivity index (χ1) is 18.9. The van der Waals surface area contributed by atoms with Gasteiger partial charge in [0.1, 0.15) is 18.2 Å². The first-order valence-electron chi connectivity index (χ1n) is 14.5. The number of aliphatic hydroxyl groups is 1. The fourth-order valence-electron chi connectivity index (χ4n) is 6.23. The number of thiophene rings is 1. The van der Waals surface area contributed by atoms with Crippen molar-refractivity contribution in [3.8, 4) is 0 Å². The molecule has 7 nitrogen and oxygen atoms in total. The number of carbonyl (C=O) groups excluding carboxylic acids is 3. The molecule has 218 valence electrons. The molecule has 2 fully saturated rings. The summed E-state index contributed by atoms with van der Waals surface area (Å²) in [4.78, 5) is 42.3. The fraction of sp³-hybridized carbons (Fsp3) is 0.594. The Kier molecular flexibility index (Phi) is 9.40. The molecule has 5 unspecified atom stereocenters. The SMILES string of the molecule is CC(CC1CCC(C)(C)C1(C)C)OC(=O)C1CCCN1C(=O)C(NC(=O)C(O)Cc1ccccc1)c1cccs1. The predicted molar refractivity (Wildman–Crippen MR) is 157 cm³/mol. The first-order valence-corrected chi connectivity index (χ1v) is 15.4. The molecule has 1 aliphatic carbocycles. The quantitative estimate of drug-likeness (QED) is 0.380. The minimum absolute atomic E-state index is 0.142. The number of hydrogen-bond donors (Lipinski definition) is 2. The minimum atomic E-state index is -1.30. The third kappa shape index (κ3) is 6.60. The van der Waals surface area contributed by atoms with Crippen molar-refractivity contribution in [2.24, 2.45) is 16.7 Å². The molecule has 40 heavy (non-hydrogen) atoms. The number of nitrogens with zero attached hydrogens (tertiary/aromatic N) is 1. The molecular formula is C32H44N2O5S. The second-order valence-corrected chi connectivity index (χ2v) is 13.7. The van der Waals surface area contributed by atoms with Gasteiger partial charge in [0.25, 0.3) is 5.91 Å². The van der Waals surface area contributed by atoms with E-state index in [1.54, 1.807) is 11.0 Å². The maximum absolute atomic E-state index is 13.8. The maximum Gasteiger partial charge on any atom is 0.329 e. The van der Waals surface area contributed by atoms with Crippen LogP contribution < -0.4 is 5.32 Å². The Labute approximate surface area is 242 Å². The van der Waals surface area contributed by atoms with E-state index in [4.69, 9.17) is 4.74 Å².